The summed E-state index contributed by atoms with van der Waals surface area (Å²) in [5, 5.41) is 2.57. The molecular weight excluding hydrogens is 232 g/mol. The van der Waals surface area contributed by atoms with E-state index in [0.717, 1.165) is 11.3 Å². The number of hydrogen-bond donors (Lipinski definition) is 1. The lowest BCUT2D eigenvalue weighted by atomic mass is 10.1. The fourth-order valence-electron chi connectivity index (χ4n) is 1.87. The van der Waals surface area contributed by atoms with Gasteiger partial charge in [0.25, 0.3) is 11.8 Å². The monoisotopic (exact) mass is 246 g/mol. The number of carbonyl (C=O) groups is 3. The van der Waals surface area contributed by atoms with Crippen LogP contribution in [0.3, 0.4) is 0 Å². The van der Waals surface area contributed by atoms with Crippen molar-refractivity contribution in [2.75, 3.05) is 6.67 Å². The molecule has 18 heavy (non-hydrogen) atoms. The zero-order chi connectivity index (χ0) is 13.1. The minimum atomic E-state index is -0.354. The van der Waals surface area contributed by atoms with Gasteiger partial charge >= 0.3 is 0 Å². The highest BCUT2D eigenvalue weighted by atomic mass is 16.2. The molecule has 0 atom stereocenters. The molecule has 1 heterocycles. The maximum Gasteiger partial charge on any atom is 0.263 e. The summed E-state index contributed by atoms with van der Waals surface area (Å²) < 4.78 is 0. The van der Waals surface area contributed by atoms with Gasteiger partial charge in [-0.3, -0.25) is 19.3 Å². The van der Waals surface area contributed by atoms with Gasteiger partial charge in [0.1, 0.15) is 6.67 Å². The molecule has 0 bridgehead atoms. The van der Waals surface area contributed by atoms with Gasteiger partial charge in [0.05, 0.1) is 11.1 Å². The summed E-state index contributed by atoms with van der Waals surface area (Å²) in [6, 6.07) is 6.65. The van der Waals surface area contributed by atoms with Crippen molar-refractivity contribution < 1.29 is 14.4 Å². The van der Waals surface area contributed by atoms with Crippen LogP contribution in [0, 0.1) is 0 Å². The number of fused-ring (bicyclic) bond motifs is 1. The van der Waals surface area contributed by atoms with Crippen LogP contribution in [0.25, 0.3) is 0 Å². The minimum Gasteiger partial charge on any atom is -0.338 e. The lowest BCUT2D eigenvalue weighted by Gasteiger charge is -2.14. The molecule has 1 aromatic carbocycles. The fourth-order valence-corrected chi connectivity index (χ4v) is 1.87. The number of imide groups is 1. The first-order valence-corrected chi connectivity index (χ1v) is 5.87. The summed E-state index contributed by atoms with van der Waals surface area (Å²) in [5.74, 6) is -0.867. The van der Waals surface area contributed by atoms with E-state index < -0.39 is 0 Å². The molecule has 5 heteroatoms. The molecule has 1 aromatic rings. The molecule has 0 aliphatic carbocycles. The van der Waals surface area contributed by atoms with Crippen molar-refractivity contribution in [3.8, 4) is 0 Å². The Bertz CT molecular complexity index is 476. The molecule has 0 fully saturated rings. The van der Waals surface area contributed by atoms with Crippen molar-refractivity contribution in [2.45, 2.75) is 19.8 Å². The molecule has 94 valence electrons. The summed E-state index contributed by atoms with van der Waals surface area (Å²) in [6.07, 6.45) is 1.12. The second kappa shape index (κ2) is 5.00. The van der Waals surface area contributed by atoms with E-state index in [1.807, 2.05) is 6.92 Å². The van der Waals surface area contributed by atoms with Gasteiger partial charge in [0.15, 0.2) is 0 Å². The highest BCUT2D eigenvalue weighted by molar-refractivity contribution is 6.21. The molecule has 1 aliphatic heterocycles. The maximum atomic E-state index is 11.9. The van der Waals surface area contributed by atoms with E-state index in [1.54, 1.807) is 24.3 Å². The number of rotatable bonds is 4. The average Bonchev–Trinajstić information content (AvgIpc) is 2.61. The maximum absolute atomic E-state index is 11.9. The van der Waals surface area contributed by atoms with E-state index in [9.17, 15) is 14.4 Å². The molecule has 5 nitrogen and oxygen atoms in total. The number of amides is 3. The summed E-state index contributed by atoms with van der Waals surface area (Å²) in [6.45, 7) is 1.83. The topological polar surface area (TPSA) is 66.5 Å². The Labute approximate surface area is 105 Å². The van der Waals surface area contributed by atoms with Crippen LogP contribution in [0.4, 0.5) is 0 Å². The van der Waals surface area contributed by atoms with E-state index in [0.29, 0.717) is 17.5 Å². The van der Waals surface area contributed by atoms with Gasteiger partial charge in [-0.05, 0) is 18.6 Å². The first kappa shape index (κ1) is 12.3. The Hall–Kier alpha value is -2.17. The quantitative estimate of drug-likeness (QED) is 0.810. The Balaban J connectivity index is 2.07. The van der Waals surface area contributed by atoms with Crippen LogP contribution in [0.5, 0.6) is 0 Å². The summed E-state index contributed by atoms with van der Waals surface area (Å²) in [7, 11) is 0. The normalized spacial score (nSPS) is 13.7. The predicted molar refractivity (Wildman–Crippen MR) is 64.9 cm³/mol. The molecule has 3 amide bonds. The minimum absolute atomic E-state index is 0.0643. The van der Waals surface area contributed by atoms with E-state index in [1.165, 1.54) is 0 Å². The number of nitrogens with zero attached hydrogens (tertiary/aromatic N) is 1. The second-order valence-electron chi connectivity index (χ2n) is 4.09. The highest BCUT2D eigenvalue weighted by Gasteiger charge is 2.34. The number of hydrogen-bond acceptors (Lipinski definition) is 3. The van der Waals surface area contributed by atoms with Crippen LogP contribution in [-0.4, -0.2) is 29.3 Å². The van der Waals surface area contributed by atoms with E-state index in [-0.39, 0.29) is 24.4 Å². The van der Waals surface area contributed by atoms with Crippen LogP contribution in [-0.2, 0) is 4.79 Å². The van der Waals surface area contributed by atoms with Gasteiger partial charge < -0.3 is 5.32 Å². The molecule has 0 unspecified atom stereocenters. The first-order chi connectivity index (χ1) is 8.65. The van der Waals surface area contributed by atoms with Gasteiger partial charge in [-0.2, -0.15) is 0 Å². The van der Waals surface area contributed by atoms with Gasteiger partial charge in [-0.25, -0.2) is 0 Å². The zero-order valence-corrected chi connectivity index (χ0v) is 10.1. The summed E-state index contributed by atoms with van der Waals surface area (Å²) >= 11 is 0. The molecular formula is C13H14N2O3. The van der Waals surface area contributed by atoms with Crippen LogP contribution in [0.2, 0.25) is 0 Å². The lowest BCUT2D eigenvalue weighted by Crippen LogP contribution is -2.40. The van der Waals surface area contributed by atoms with Gasteiger partial charge in [-0.1, -0.05) is 19.1 Å². The van der Waals surface area contributed by atoms with Crippen LogP contribution in [0.15, 0.2) is 24.3 Å². The zero-order valence-electron chi connectivity index (χ0n) is 10.1. The molecule has 1 N–H and O–H groups in total. The van der Waals surface area contributed by atoms with E-state index >= 15 is 0 Å². The predicted octanol–water partition coefficient (Wildman–Crippen LogP) is 1.16. The SMILES string of the molecule is CCCC(=O)NCN1C(=O)c2ccccc2C1=O. The van der Waals surface area contributed by atoms with E-state index in [4.69, 9.17) is 0 Å². The Morgan fingerprint density at radius 1 is 1.17 bits per heavy atom. The van der Waals surface area contributed by atoms with Crippen molar-refractivity contribution in [1.82, 2.24) is 10.2 Å². The van der Waals surface area contributed by atoms with Crippen molar-refractivity contribution in [1.29, 1.82) is 0 Å². The van der Waals surface area contributed by atoms with E-state index in [2.05, 4.69) is 5.32 Å². The lowest BCUT2D eigenvalue weighted by molar-refractivity contribution is -0.121. The molecule has 0 aromatic heterocycles. The van der Waals surface area contributed by atoms with Crippen molar-refractivity contribution >= 4 is 17.7 Å². The number of nitrogens with one attached hydrogen (secondary N) is 1. The standard InChI is InChI=1S/C13H14N2O3/c1-2-5-11(16)14-8-15-12(17)9-6-3-4-7-10(9)13(15)18/h3-4,6-7H,2,5,8H2,1H3,(H,14,16). The van der Waals surface area contributed by atoms with Crippen LogP contribution < -0.4 is 5.32 Å². The Morgan fingerprint density at radius 2 is 1.72 bits per heavy atom. The highest BCUT2D eigenvalue weighted by Crippen LogP contribution is 2.21. The first-order valence-electron chi connectivity index (χ1n) is 5.87. The molecule has 2 rings (SSSR count). The third-order valence-corrected chi connectivity index (χ3v) is 2.79. The smallest absolute Gasteiger partial charge is 0.263 e. The fraction of sp³-hybridized carbons (Fsp3) is 0.308. The number of benzene rings is 1. The van der Waals surface area contributed by atoms with Crippen molar-refractivity contribution in [3.63, 3.8) is 0 Å². The molecule has 0 saturated carbocycles. The summed E-state index contributed by atoms with van der Waals surface area (Å²) in [4.78, 5) is 36.2. The average molecular weight is 246 g/mol. The van der Waals surface area contributed by atoms with Crippen LogP contribution in [0.1, 0.15) is 40.5 Å². The number of carbonyl (C=O) groups excluding carboxylic acids is 3. The third-order valence-electron chi connectivity index (χ3n) is 2.79. The van der Waals surface area contributed by atoms with Crippen LogP contribution >= 0.6 is 0 Å². The molecule has 0 spiro atoms. The summed E-state index contributed by atoms with van der Waals surface area (Å²) in [5.41, 5.74) is 0.791. The molecule has 1 aliphatic rings. The largest absolute Gasteiger partial charge is 0.338 e. The Kier molecular flexibility index (Phi) is 3.41. The van der Waals surface area contributed by atoms with Gasteiger partial charge in [0, 0.05) is 6.42 Å². The van der Waals surface area contributed by atoms with Gasteiger partial charge in [-0.15, -0.1) is 0 Å². The second-order valence-corrected chi connectivity index (χ2v) is 4.09. The van der Waals surface area contributed by atoms with Gasteiger partial charge in [0.2, 0.25) is 5.91 Å². The third kappa shape index (κ3) is 2.11. The van der Waals surface area contributed by atoms with Crippen molar-refractivity contribution in [3.05, 3.63) is 35.4 Å². The molecule has 0 radical (unpaired) electrons. The van der Waals surface area contributed by atoms with Crippen molar-refractivity contribution in [2.24, 2.45) is 0 Å². The molecule has 0 saturated heterocycles. The Morgan fingerprint density at radius 3 is 2.22 bits per heavy atom.